The topological polar surface area (TPSA) is 35.2 Å². The van der Waals surface area contributed by atoms with E-state index in [2.05, 4.69) is 0 Å². The lowest BCUT2D eigenvalue weighted by molar-refractivity contribution is -0.186. The van der Waals surface area contributed by atoms with Crippen LogP contribution in [0.1, 0.15) is 38.5 Å². The number of hydrogen-bond acceptors (Lipinski definition) is 2. The number of nitrogens with two attached hydrogens (primary N) is 1. The zero-order chi connectivity index (χ0) is 13.2. The van der Waals surface area contributed by atoms with Crippen molar-refractivity contribution < 1.29 is 17.9 Å². The molecule has 1 saturated heterocycles. The van der Waals surface area contributed by atoms with Gasteiger partial charge < -0.3 is 10.5 Å². The van der Waals surface area contributed by atoms with Crippen molar-refractivity contribution in [2.75, 3.05) is 13.2 Å². The maximum Gasteiger partial charge on any atom is 0.391 e. The third-order valence-electron chi connectivity index (χ3n) is 4.53. The molecule has 2 N–H and O–H groups in total. The van der Waals surface area contributed by atoms with E-state index in [0.29, 0.717) is 25.6 Å². The highest BCUT2D eigenvalue weighted by Crippen LogP contribution is 2.42. The monoisotopic (exact) mass is 265 g/mol. The second-order valence-corrected chi connectivity index (χ2v) is 5.69. The Labute approximate surface area is 106 Å². The van der Waals surface area contributed by atoms with E-state index in [0.717, 1.165) is 19.3 Å². The van der Waals surface area contributed by atoms with E-state index < -0.39 is 12.1 Å². The van der Waals surface area contributed by atoms with Crippen LogP contribution in [-0.4, -0.2) is 25.4 Å². The Morgan fingerprint density at radius 3 is 2.28 bits per heavy atom. The molecule has 0 amide bonds. The van der Waals surface area contributed by atoms with E-state index in [1.54, 1.807) is 0 Å². The van der Waals surface area contributed by atoms with Gasteiger partial charge in [-0.3, -0.25) is 0 Å². The molecule has 5 heteroatoms. The molecule has 2 fully saturated rings. The highest BCUT2D eigenvalue weighted by molar-refractivity contribution is 4.87. The average molecular weight is 265 g/mol. The Kier molecular flexibility index (Phi) is 4.54. The molecule has 2 nitrogen and oxygen atoms in total. The van der Waals surface area contributed by atoms with Crippen molar-refractivity contribution in [3.05, 3.63) is 0 Å². The van der Waals surface area contributed by atoms with Crippen LogP contribution in [0.15, 0.2) is 0 Å². The largest absolute Gasteiger partial charge is 0.391 e. The first kappa shape index (κ1) is 14.1. The fourth-order valence-electron chi connectivity index (χ4n) is 3.36. The van der Waals surface area contributed by atoms with Crippen molar-refractivity contribution >= 4 is 0 Å². The summed E-state index contributed by atoms with van der Waals surface area (Å²) in [5, 5.41) is 0. The number of rotatable bonds is 2. The zero-order valence-corrected chi connectivity index (χ0v) is 10.6. The highest BCUT2D eigenvalue weighted by Gasteiger charge is 2.44. The zero-order valence-electron chi connectivity index (χ0n) is 10.6. The number of halogens is 3. The molecule has 1 saturated carbocycles. The molecular weight excluding hydrogens is 243 g/mol. The molecule has 0 aromatic heterocycles. The Morgan fingerprint density at radius 1 is 1.00 bits per heavy atom. The summed E-state index contributed by atoms with van der Waals surface area (Å²) in [4.78, 5) is 0. The molecule has 0 aromatic carbocycles. The van der Waals surface area contributed by atoms with Gasteiger partial charge in [0.2, 0.25) is 0 Å². The van der Waals surface area contributed by atoms with Gasteiger partial charge in [0.25, 0.3) is 0 Å². The van der Waals surface area contributed by atoms with Gasteiger partial charge in [-0.15, -0.1) is 0 Å². The lowest BCUT2D eigenvalue weighted by Gasteiger charge is -2.38. The molecule has 106 valence electrons. The van der Waals surface area contributed by atoms with Gasteiger partial charge in [-0.2, -0.15) is 13.2 Å². The van der Waals surface area contributed by atoms with Gasteiger partial charge in [0.1, 0.15) is 0 Å². The normalized spacial score (nSPS) is 33.3. The standard InChI is InChI=1S/C13H22F3NO/c14-13(15,16)11-3-1-2-10(8-11)12(17)9-4-6-18-7-5-9/h9-12H,1-8,17H2. The fourth-order valence-corrected chi connectivity index (χ4v) is 3.36. The first-order valence-corrected chi connectivity index (χ1v) is 6.88. The molecular formula is C13H22F3NO. The van der Waals surface area contributed by atoms with E-state index in [-0.39, 0.29) is 24.8 Å². The Hall–Kier alpha value is -0.290. The summed E-state index contributed by atoms with van der Waals surface area (Å²) in [6.07, 6.45) is -0.240. The van der Waals surface area contributed by atoms with E-state index in [1.807, 2.05) is 0 Å². The first-order valence-electron chi connectivity index (χ1n) is 6.88. The van der Waals surface area contributed by atoms with Crippen LogP contribution in [0, 0.1) is 17.8 Å². The summed E-state index contributed by atoms with van der Waals surface area (Å²) < 4.78 is 43.6. The second kappa shape index (κ2) is 5.78. The van der Waals surface area contributed by atoms with Crippen molar-refractivity contribution in [1.82, 2.24) is 0 Å². The van der Waals surface area contributed by atoms with E-state index in [9.17, 15) is 13.2 Å². The number of hydrogen-bond donors (Lipinski definition) is 1. The fraction of sp³-hybridized carbons (Fsp3) is 1.00. The van der Waals surface area contributed by atoms with Crippen molar-refractivity contribution in [2.24, 2.45) is 23.5 Å². The molecule has 1 heterocycles. The van der Waals surface area contributed by atoms with E-state index >= 15 is 0 Å². The molecule has 0 aromatic rings. The van der Waals surface area contributed by atoms with Crippen molar-refractivity contribution in [2.45, 2.75) is 50.7 Å². The molecule has 3 atom stereocenters. The van der Waals surface area contributed by atoms with Gasteiger partial charge in [-0.25, -0.2) is 0 Å². The summed E-state index contributed by atoms with van der Waals surface area (Å²) in [6, 6.07) is -0.0842. The van der Waals surface area contributed by atoms with Crippen LogP contribution in [0.2, 0.25) is 0 Å². The SMILES string of the molecule is NC(C1CCOCC1)C1CCCC(C(F)(F)F)C1. The van der Waals surface area contributed by atoms with E-state index in [1.165, 1.54) is 0 Å². The van der Waals surface area contributed by atoms with Crippen LogP contribution in [0.5, 0.6) is 0 Å². The molecule has 1 aliphatic carbocycles. The second-order valence-electron chi connectivity index (χ2n) is 5.69. The molecule has 18 heavy (non-hydrogen) atoms. The minimum Gasteiger partial charge on any atom is -0.381 e. The minimum absolute atomic E-state index is 0.0356. The molecule has 0 radical (unpaired) electrons. The Bertz CT molecular complexity index is 263. The van der Waals surface area contributed by atoms with Gasteiger partial charge in [0.15, 0.2) is 0 Å². The predicted octanol–water partition coefficient (Wildman–Crippen LogP) is 3.11. The maximum absolute atomic E-state index is 12.8. The summed E-state index contributed by atoms with van der Waals surface area (Å²) in [7, 11) is 0. The first-order chi connectivity index (χ1) is 8.48. The molecule has 0 spiro atoms. The highest BCUT2D eigenvalue weighted by atomic mass is 19.4. The summed E-state index contributed by atoms with van der Waals surface area (Å²) >= 11 is 0. The quantitative estimate of drug-likeness (QED) is 0.832. The van der Waals surface area contributed by atoms with Crippen LogP contribution in [-0.2, 0) is 4.74 Å². The summed E-state index contributed by atoms with van der Waals surface area (Å²) in [5.74, 6) is -0.758. The average Bonchev–Trinajstić information content (AvgIpc) is 2.38. The van der Waals surface area contributed by atoms with Crippen molar-refractivity contribution in [3.8, 4) is 0 Å². The van der Waals surface area contributed by atoms with Gasteiger partial charge in [0.05, 0.1) is 5.92 Å². The lowest BCUT2D eigenvalue weighted by Crippen LogP contribution is -2.43. The summed E-state index contributed by atoms with van der Waals surface area (Å²) in [6.45, 7) is 1.40. The van der Waals surface area contributed by atoms with Crippen LogP contribution >= 0.6 is 0 Å². The third kappa shape index (κ3) is 3.38. The maximum atomic E-state index is 12.8. The Balaban J connectivity index is 1.91. The van der Waals surface area contributed by atoms with Crippen LogP contribution in [0.25, 0.3) is 0 Å². The van der Waals surface area contributed by atoms with Gasteiger partial charge in [-0.1, -0.05) is 6.42 Å². The van der Waals surface area contributed by atoms with Crippen LogP contribution in [0.4, 0.5) is 13.2 Å². The Morgan fingerprint density at radius 2 is 1.67 bits per heavy atom. The van der Waals surface area contributed by atoms with Gasteiger partial charge in [-0.05, 0) is 43.9 Å². The lowest BCUT2D eigenvalue weighted by atomic mass is 9.73. The van der Waals surface area contributed by atoms with Crippen LogP contribution in [0.3, 0.4) is 0 Å². The number of ether oxygens (including phenoxy) is 1. The smallest absolute Gasteiger partial charge is 0.381 e. The van der Waals surface area contributed by atoms with Crippen LogP contribution < -0.4 is 5.73 Å². The number of alkyl halides is 3. The minimum atomic E-state index is -4.05. The molecule has 2 rings (SSSR count). The predicted molar refractivity (Wildman–Crippen MR) is 63.0 cm³/mol. The van der Waals surface area contributed by atoms with E-state index in [4.69, 9.17) is 10.5 Å². The molecule has 2 aliphatic rings. The van der Waals surface area contributed by atoms with Crippen molar-refractivity contribution in [1.29, 1.82) is 0 Å². The molecule has 3 unspecified atom stereocenters. The van der Waals surface area contributed by atoms with Gasteiger partial charge >= 0.3 is 6.18 Å². The van der Waals surface area contributed by atoms with Crippen molar-refractivity contribution in [3.63, 3.8) is 0 Å². The third-order valence-corrected chi connectivity index (χ3v) is 4.53. The molecule has 1 aliphatic heterocycles. The summed E-state index contributed by atoms with van der Waals surface area (Å²) in [5.41, 5.74) is 6.21. The van der Waals surface area contributed by atoms with Gasteiger partial charge in [0, 0.05) is 19.3 Å². The molecule has 0 bridgehead atoms.